The van der Waals surface area contributed by atoms with Crippen LogP contribution in [0.1, 0.15) is 12.5 Å². The van der Waals surface area contributed by atoms with Crippen molar-refractivity contribution in [1.29, 1.82) is 0 Å². The minimum absolute atomic E-state index is 0.158. The van der Waals surface area contributed by atoms with Crippen molar-refractivity contribution in [3.8, 4) is 5.75 Å². The number of nitrogens with one attached hydrogen (secondary N) is 1. The molecule has 0 fully saturated rings. The van der Waals surface area contributed by atoms with Crippen LogP contribution >= 0.6 is 0 Å². The number of methoxy groups -OCH3 is 1. The van der Waals surface area contributed by atoms with Gasteiger partial charge < -0.3 is 15.8 Å². The first kappa shape index (κ1) is 12.9. The summed E-state index contributed by atoms with van der Waals surface area (Å²) in [7, 11) is 1.71. The molecule has 0 amide bonds. The predicted molar refractivity (Wildman–Crippen MR) is 75.9 cm³/mol. The fourth-order valence-electron chi connectivity index (χ4n) is 2.11. The second-order valence-electron chi connectivity index (χ2n) is 4.58. The molecule has 0 saturated carbocycles. The van der Waals surface area contributed by atoms with Crippen molar-refractivity contribution in [2.24, 2.45) is 5.73 Å². The lowest BCUT2D eigenvalue weighted by Crippen LogP contribution is -2.30. The fourth-order valence-corrected chi connectivity index (χ4v) is 2.11. The lowest BCUT2D eigenvalue weighted by molar-refractivity contribution is 0.408. The van der Waals surface area contributed by atoms with Gasteiger partial charge in [0.1, 0.15) is 5.75 Å². The second kappa shape index (κ2) is 5.85. The maximum atomic E-state index is 5.75. The minimum Gasteiger partial charge on any atom is -0.496 e. The Morgan fingerprint density at radius 2 is 2.00 bits per heavy atom. The standard InChI is InChI=1S/C15H20N2O/c1-11(16)9-17-10-14-13-6-4-3-5-12(13)7-8-15(14)18-2/h3-8,11,17H,9-10,16H2,1-2H3. The summed E-state index contributed by atoms with van der Waals surface area (Å²) in [5.74, 6) is 0.922. The number of hydrogen-bond acceptors (Lipinski definition) is 3. The lowest BCUT2D eigenvalue weighted by atomic mass is 10.0. The maximum absolute atomic E-state index is 5.75. The van der Waals surface area contributed by atoms with E-state index in [9.17, 15) is 0 Å². The maximum Gasteiger partial charge on any atom is 0.123 e. The largest absolute Gasteiger partial charge is 0.496 e. The van der Waals surface area contributed by atoms with Gasteiger partial charge in [0.05, 0.1) is 7.11 Å². The highest BCUT2D eigenvalue weighted by molar-refractivity contribution is 5.87. The molecule has 0 bridgehead atoms. The summed E-state index contributed by atoms with van der Waals surface area (Å²) in [6.07, 6.45) is 0. The van der Waals surface area contributed by atoms with Crippen LogP contribution in [0, 0.1) is 0 Å². The number of fused-ring (bicyclic) bond motifs is 1. The average Bonchev–Trinajstić information content (AvgIpc) is 2.38. The van der Waals surface area contributed by atoms with Gasteiger partial charge in [-0.15, -0.1) is 0 Å². The van der Waals surface area contributed by atoms with Gasteiger partial charge in [0.2, 0.25) is 0 Å². The molecule has 0 radical (unpaired) electrons. The van der Waals surface area contributed by atoms with Crippen molar-refractivity contribution < 1.29 is 4.74 Å². The molecule has 0 saturated heterocycles. The number of benzene rings is 2. The molecule has 2 aromatic rings. The molecule has 18 heavy (non-hydrogen) atoms. The van der Waals surface area contributed by atoms with E-state index in [1.165, 1.54) is 16.3 Å². The van der Waals surface area contributed by atoms with Crippen LogP contribution in [-0.2, 0) is 6.54 Å². The first-order valence-electron chi connectivity index (χ1n) is 6.23. The summed E-state index contributed by atoms with van der Waals surface area (Å²) in [6.45, 7) is 3.56. The van der Waals surface area contributed by atoms with E-state index in [1.807, 2.05) is 19.1 Å². The number of rotatable bonds is 5. The predicted octanol–water partition coefficient (Wildman–Crippen LogP) is 2.29. The summed E-state index contributed by atoms with van der Waals surface area (Å²) in [5, 5.41) is 5.83. The summed E-state index contributed by atoms with van der Waals surface area (Å²) in [5.41, 5.74) is 6.94. The van der Waals surface area contributed by atoms with E-state index in [-0.39, 0.29) is 6.04 Å². The molecule has 3 heteroatoms. The molecular formula is C15H20N2O. The zero-order valence-electron chi connectivity index (χ0n) is 10.9. The summed E-state index contributed by atoms with van der Waals surface area (Å²) >= 11 is 0. The first-order valence-corrected chi connectivity index (χ1v) is 6.23. The van der Waals surface area contributed by atoms with Crippen molar-refractivity contribution >= 4 is 10.8 Å². The van der Waals surface area contributed by atoms with E-state index in [0.717, 1.165) is 18.8 Å². The van der Waals surface area contributed by atoms with Gasteiger partial charge in [-0.3, -0.25) is 0 Å². The Balaban J connectivity index is 2.32. The van der Waals surface area contributed by atoms with Crippen LogP contribution in [0.5, 0.6) is 5.75 Å². The summed E-state index contributed by atoms with van der Waals surface area (Å²) in [6, 6.07) is 12.6. The van der Waals surface area contributed by atoms with Crippen molar-refractivity contribution in [2.45, 2.75) is 19.5 Å². The van der Waals surface area contributed by atoms with E-state index >= 15 is 0 Å². The van der Waals surface area contributed by atoms with Crippen molar-refractivity contribution in [3.05, 3.63) is 42.0 Å². The Labute approximate surface area is 108 Å². The molecule has 0 aromatic heterocycles. The van der Waals surface area contributed by atoms with Crippen LogP contribution in [0.15, 0.2) is 36.4 Å². The molecule has 1 unspecified atom stereocenters. The third-order valence-electron chi connectivity index (χ3n) is 2.99. The molecule has 0 heterocycles. The third-order valence-corrected chi connectivity index (χ3v) is 2.99. The first-order chi connectivity index (χ1) is 8.72. The van der Waals surface area contributed by atoms with E-state index in [1.54, 1.807) is 7.11 Å². The molecule has 3 N–H and O–H groups in total. The zero-order chi connectivity index (χ0) is 13.0. The van der Waals surface area contributed by atoms with Gasteiger partial charge >= 0.3 is 0 Å². The Morgan fingerprint density at radius 3 is 2.72 bits per heavy atom. The van der Waals surface area contributed by atoms with Crippen LogP contribution in [-0.4, -0.2) is 19.7 Å². The number of nitrogens with two attached hydrogens (primary N) is 1. The third kappa shape index (κ3) is 2.81. The van der Waals surface area contributed by atoms with Gasteiger partial charge in [-0.25, -0.2) is 0 Å². The Hall–Kier alpha value is -1.58. The molecule has 2 aromatic carbocycles. The molecule has 0 aliphatic rings. The molecule has 0 spiro atoms. The molecule has 0 aliphatic carbocycles. The fraction of sp³-hybridized carbons (Fsp3) is 0.333. The number of hydrogen-bond donors (Lipinski definition) is 2. The molecule has 3 nitrogen and oxygen atoms in total. The van der Waals surface area contributed by atoms with E-state index in [2.05, 4.69) is 29.6 Å². The van der Waals surface area contributed by atoms with Gasteiger partial charge in [0, 0.05) is 24.7 Å². The Morgan fingerprint density at radius 1 is 1.22 bits per heavy atom. The second-order valence-corrected chi connectivity index (χ2v) is 4.58. The summed E-state index contributed by atoms with van der Waals surface area (Å²) < 4.78 is 5.44. The lowest BCUT2D eigenvalue weighted by Gasteiger charge is -2.14. The normalized spacial score (nSPS) is 12.6. The average molecular weight is 244 g/mol. The van der Waals surface area contributed by atoms with Crippen LogP contribution in [0.25, 0.3) is 10.8 Å². The molecule has 96 valence electrons. The number of ether oxygens (including phenoxy) is 1. The van der Waals surface area contributed by atoms with E-state index in [4.69, 9.17) is 10.5 Å². The van der Waals surface area contributed by atoms with Crippen LogP contribution in [0.3, 0.4) is 0 Å². The topological polar surface area (TPSA) is 47.3 Å². The van der Waals surface area contributed by atoms with Gasteiger partial charge in [-0.2, -0.15) is 0 Å². The van der Waals surface area contributed by atoms with Crippen molar-refractivity contribution in [2.75, 3.05) is 13.7 Å². The van der Waals surface area contributed by atoms with Gasteiger partial charge in [0.25, 0.3) is 0 Å². The van der Waals surface area contributed by atoms with E-state index < -0.39 is 0 Å². The molecule has 1 atom stereocenters. The Bertz CT molecular complexity index is 523. The quantitative estimate of drug-likeness (QED) is 0.848. The van der Waals surface area contributed by atoms with E-state index in [0.29, 0.717) is 0 Å². The molecule has 0 aliphatic heterocycles. The highest BCUT2D eigenvalue weighted by Crippen LogP contribution is 2.27. The van der Waals surface area contributed by atoms with Gasteiger partial charge in [-0.05, 0) is 23.8 Å². The molecule has 2 rings (SSSR count). The van der Waals surface area contributed by atoms with Crippen molar-refractivity contribution in [1.82, 2.24) is 5.32 Å². The van der Waals surface area contributed by atoms with Crippen molar-refractivity contribution in [3.63, 3.8) is 0 Å². The zero-order valence-corrected chi connectivity index (χ0v) is 10.9. The highest BCUT2D eigenvalue weighted by atomic mass is 16.5. The summed E-state index contributed by atoms with van der Waals surface area (Å²) in [4.78, 5) is 0. The Kier molecular flexibility index (Phi) is 4.18. The molecular weight excluding hydrogens is 224 g/mol. The monoisotopic (exact) mass is 244 g/mol. The van der Waals surface area contributed by atoms with Gasteiger partial charge in [-0.1, -0.05) is 30.3 Å². The van der Waals surface area contributed by atoms with Crippen LogP contribution < -0.4 is 15.8 Å². The van der Waals surface area contributed by atoms with Crippen LogP contribution in [0.4, 0.5) is 0 Å². The highest BCUT2D eigenvalue weighted by Gasteiger charge is 2.07. The SMILES string of the molecule is COc1ccc2ccccc2c1CNCC(C)N. The smallest absolute Gasteiger partial charge is 0.123 e. The van der Waals surface area contributed by atoms with Crippen LogP contribution in [0.2, 0.25) is 0 Å². The minimum atomic E-state index is 0.158. The van der Waals surface area contributed by atoms with Gasteiger partial charge in [0.15, 0.2) is 0 Å².